The molecule has 0 radical (unpaired) electrons. The molecular weight excluding hydrogens is 1200 g/mol. The summed E-state index contributed by atoms with van der Waals surface area (Å²) in [4.78, 5) is 72.4. The van der Waals surface area contributed by atoms with Gasteiger partial charge < -0.3 is 33.8 Å². The first kappa shape index (κ1) is 89.1. The molecule has 91 heavy (non-hydrogen) atoms. The maximum atomic E-state index is 13.0. The van der Waals surface area contributed by atoms with Crippen molar-refractivity contribution in [2.75, 3.05) is 39.6 Å². The van der Waals surface area contributed by atoms with Gasteiger partial charge in [0.2, 0.25) is 0 Å². The molecule has 0 heterocycles. The minimum Gasteiger partial charge on any atom is -0.462 e. The van der Waals surface area contributed by atoms with Gasteiger partial charge >= 0.3 is 39.5 Å². The second kappa shape index (κ2) is 65.4. The molecule has 0 saturated heterocycles. The van der Waals surface area contributed by atoms with Crippen LogP contribution in [0.2, 0.25) is 0 Å². The zero-order chi connectivity index (χ0) is 67.0. The van der Waals surface area contributed by atoms with Crippen LogP contribution in [0.3, 0.4) is 0 Å². The highest BCUT2D eigenvalue weighted by Crippen LogP contribution is 2.45. The molecule has 2 unspecified atom stereocenters. The average Bonchev–Trinajstić information content (AvgIpc) is 2.74. The van der Waals surface area contributed by atoms with Crippen LogP contribution in [0.15, 0.2) is 0 Å². The summed E-state index contributed by atoms with van der Waals surface area (Å²) in [5, 5.41) is 10.6. The highest BCUT2D eigenvalue weighted by Gasteiger charge is 2.30. The molecule has 0 aromatic carbocycles. The summed E-state index contributed by atoms with van der Waals surface area (Å²) in [5.41, 5.74) is 0. The van der Waals surface area contributed by atoms with E-state index in [0.717, 1.165) is 102 Å². The maximum Gasteiger partial charge on any atom is 0.472 e. The lowest BCUT2D eigenvalue weighted by molar-refractivity contribution is -0.161. The van der Waals surface area contributed by atoms with Crippen molar-refractivity contribution in [3.05, 3.63) is 0 Å². The van der Waals surface area contributed by atoms with Gasteiger partial charge in [-0.15, -0.1) is 0 Å². The summed E-state index contributed by atoms with van der Waals surface area (Å²) >= 11 is 0. The van der Waals surface area contributed by atoms with Crippen molar-refractivity contribution in [2.24, 2.45) is 5.92 Å². The number of aliphatic hydroxyl groups excluding tert-OH is 1. The van der Waals surface area contributed by atoms with E-state index in [-0.39, 0.29) is 25.7 Å². The van der Waals surface area contributed by atoms with Crippen LogP contribution in [0.1, 0.15) is 375 Å². The van der Waals surface area contributed by atoms with E-state index in [0.29, 0.717) is 25.7 Å². The fourth-order valence-electron chi connectivity index (χ4n) is 11.0. The third-order valence-corrected chi connectivity index (χ3v) is 18.7. The Kier molecular flexibility index (Phi) is 64.0. The summed E-state index contributed by atoms with van der Waals surface area (Å²) < 4.78 is 68.2. The molecule has 19 heteroatoms. The Morgan fingerprint density at radius 2 is 0.505 bits per heavy atom. The molecule has 0 aliphatic heterocycles. The SMILES string of the molecule is CCCCCCCCCCCCCCCCCCCCC(=O)O[C@H](COC(=O)CCCCCCCCCCCCCCCCC)COP(=O)(O)OC[C@@H](O)COP(=O)(O)OC[C@@H](COC(=O)CCCCCCC)OC(=O)CCCCCCCCCCCCC(C)C. The topological polar surface area (TPSA) is 237 Å². The van der Waals surface area contributed by atoms with E-state index < -0.39 is 97.5 Å². The Balaban J connectivity index is 5.15. The van der Waals surface area contributed by atoms with Gasteiger partial charge in [-0.1, -0.05) is 324 Å². The van der Waals surface area contributed by atoms with Gasteiger partial charge in [0, 0.05) is 25.7 Å². The van der Waals surface area contributed by atoms with E-state index in [1.807, 2.05) is 0 Å². The Morgan fingerprint density at radius 3 is 0.747 bits per heavy atom. The molecule has 5 atom stereocenters. The van der Waals surface area contributed by atoms with Crippen LogP contribution in [0.4, 0.5) is 0 Å². The minimum absolute atomic E-state index is 0.105. The van der Waals surface area contributed by atoms with Gasteiger partial charge in [-0.25, -0.2) is 9.13 Å². The number of rotatable bonds is 72. The van der Waals surface area contributed by atoms with E-state index in [2.05, 4.69) is 34.6 Å². The third kappa shape index (κ3) is 66.5. The normalized spacial score (nSPS) is 14.0. The number of phosphoric ester groups is 2. The van der Waals surface area contributed by atoms with Crippen molar-refractivity contribution < 1.29 is 80.2 Å². The maximum absolute atomic E-state index is 13.0. The lowest BCUT2D eigenvalue weighted by Crippen LogP contribution is -2.30. The van der Waals surface area contributed by atoms with Crippen LogP contribution in [0, 0.1) is 5.92 Å². The fourth-order valence-corrected chi connectivity index (χ4v) is 12.6. The second-order valence-electron chi connectivity index (χ2n) is 26.5. The molecule has 0 aliphatic carbocycles. The molecule has 0 bridgehead atoms. The number of hydrogen-bond donors (Lipinski definition) is 3. The first-order valence-electron chi connectivity index (χ1n) is 37.6. The molecule has 0 saturated carbocycles. The number of ether oxygens (including phenoxy) is 4. The van der Waals surface area contributed by atoms with E-state index in [9.17, 15) is 43.2 Å². The van der Waals surface area contributed by atoms with E-state index >= 15 is 0 Å². The number of phosphoric acid groups is 2. The second-order valence-corrected chi connectivity index (χ2v) is 29.4. The van der Waals surface area contributed by atoms with Gasteiger partial charge in [0.25, 0.3) is 0 Å². The molecule has 0 aliphatic rings. The Hall–Kier alpha value is -1.94. The van der Waals surface area contributed by atoms with Crippen molar-refractivity contribution in [3.8, 4) is 0 Å². The van der Waals surface area contributed by atoms with Crippen molar-refractivity contribution in [1.29, 1.82) is 0 Å². The van der Waals surface area contributed by atoms with Crippen molar-refractivity contribution in [2.45, 2.75) is 393 Å². The number of carbonyl (C=O) groups excluding carboxylic acids is 4. The predicted octanol–water partition coefficient (Wildman–Crippen LogP) is 20.9. The zero-order valence-electron chi connectivity index (χ0n) is 59.0. The van der Waals surface area contributed by atoms with E-state index in [1.165, 1.54) is 193 Å². The summed E-state index contributed by atoms with van der Waals surface area (Å²) in [6, 6.07) is 0. The largest absolute Gasteiger partial charge is 0.472 e. The van der Waals surface area contributed by atoms with Crippen LogP contribution >= 0.6 is 15.6 Å². The van der Waals surface area contributed by atoms with Gasteiger partial charge in [-0.3, -0.25) is 37.3 Å². The molecule has 0 fully saturated rings. The number of hydrogen-bond acceptors (Lipinski definition) is 15. The third-order valence-electron chi connectivity index (χ3n) is 16.8. The van der Waals surface area contributed by atoms with Gasteiger partial charge in [-0.2, -0.15) is 0 Å². The summed E-state index contributed by atoms with van der Waals surface area (Å²) in [5.74, 6) is -1.38. The van der Waals surface area contributed by atoms with Crippen molar-refractivity contribution >= 4 is 39.5 Å². The minimum atomic E-state index is -4.95. The molecule has 0 rings (SSSR count). The van der Waals surface area contributed by atoms with Gasteiger partial charge in [0.15, 0.2) is 12.2 Å². The zero-order valence-corrected chi connectivity index (χ0v) is 60.8. The van der Waals surface area contributed by atoms with E-state index in [4.69, 9.17) is 37.0 Å². The highest BCUT2D eigenvalue weighted by molar-refractivity contribution is 7.47. The lowest BCUT2D eigenvalue weighted by Gasteiger charge is -2.21. The van der Waals surface area contributed by atoms with Gasteiger partial charge in [-0.05, 0) is 31.6 Å². The Morgan fingerprint density at radius 1 is 0.297 bits per heavy atom. The molecular formula is C72H140O17P2. The van der Waals surface area contributed by atoms with Crippen LogP contribution in [0.25, 0.3) is 0 Å². The standard InChI is InChI=1S/C72H140O17P2/c1-6-9-12-15-17-19-21-23-25-26-27-29-31-33-38-42-47-52-57-72(77)89-68(62-83-70(75)56-51-46-41-37-32-30-28-24-22-20-18-16-13-10-7-2)64-87-91(80,81)85-60-66(73)59-84-90(78,79)86-63-67(61-82-69(74)55-50-44-14-11-8-3)88-71(76)58-53-48-43-39-35-34-36-40-45-49-54-65(4)5/h65-68,73H,6-64H2,1-5H3,(H,78,79)(H,80,81)/t66-,67+,68+/m0/s1. The van der Waals surface area contributed by atoms with Crippen LogP contribution in [0.5, 0.6) is 0 Å². The Bertz CT molecular complexity index is 1750. The molecule has 0 amide bonds. The Labute approximate surface area is 556 Å². The summed E-state index contributed by atoms with van der Waals surface area (Å²) in [6.07, 6.45) is 53.1. The number of aliphatic hydroxyl groups is 1. The first-order chi connectivity index (χ1) is 44.0. The van der Waals surface area contributed by atoms with Crippen molar-refractivity contribution in [1.82, 2.24) is 0 Å². The highest BCUT2D eigenvalue weighted by atomic mass is 31.2. The van der Waals surface area contributed by atoms with Crippen LogP contribution in [-0.4, -0.2) is 96.7 Å². The first-order valence-corrected chi connectivity index (χ1v) is 40.6. The summed E-state index contributed by atoms with van der Waals surface area (Å²) in [7, 11) is -9.89. The van der Waals surface area contributed by atoms with Crippen LogP contribution in [-0.2, 0) is 65.4 Å². The summed E-state index contributed by atoms with van der Waals surface area (Å²) in [6.45, 7) is 7.17. The average molecular weight is 1340 g/mol. The van der Waals surface area contributed by atoms with E-state index in [1.54, 1.807) is 0 Å². The molecule has 0 spiro atoms. The number of carbonyl (C=O) groups is 4. The van der Waals surface area contributed by atoms with Crippen LogP contribution < -0.4 is 0 Å². The number of esters is 4. The predicted molar refractivity (Wildman–Crippen MR) is 368 cm³/mol. The molecule has 0 aromatic rings. The number of unbranched alkanes of at least 4 members (excludes halogenated alkanes) is 44. The molecule has 540 valence electrons. The monoisotopic (exact) mass is 1340 g/mol. The quantitative estimate of drug-likeness (QED) is 0.0222. The lowest BCUT2D eigenvalue weighted by atomic mass is 10.0. The van der Waals surface area contributed by atoms with Crippen molar-refractivity contribution in [3.63, 3.8) is 0 Å². The van der Waals surface area contributed by atoms with Gasteiger partial charge in [0.1, 0.15) is 19.3 Å². The molecule has 0 aromatic heterocycles. The van der Waals surface area contributed by atoms with Gasteiger partial charge in [0.05, 0.1) is 26.4 Å². The molecule has 17 nitrogen and oxygen atoms in total. The molecule has 3 N–H and O–H groups in total. The fraction of sp³-hybridized carbons (Fsp3) is 0.944. The smallest absolute Gasteiger partial charge is 0.462 e.